The summed E-state index contributed by atoms with van der Waals surface area (Å²) in [6, 6.07) is 11.6. The lowest BCUT2D eigenvalue weighted by atomic mass is 9.80. The number of carbonyl (C=O) groups excluding carboxylic acids is 1. The molecule has 2 heteroatoms. The lowest BCUT2D eigenvalue weighted by Crippen LogP contribution is -2.09. The topological polar surface area (TPSA) is 30.2 Å². The van der Waals surface area contributed by atoms with E-state index in [0.717, 1.165) is 12.2 Å². The minimum absolute atomic E-state index is 0.0279. The molecule has 1 aliphatic rings. The lowest BCUT2D eigenvalue weighted by molar-refractivity contribution is 0.101. The van der Waals surface area contributed by atoms with Crippen molar-refractivity contribution in [2.45, 2.75) is 38.5 Å². The number of furan rings is 1. The minimum atomic E-state index is -0.0279. The van der Waals surface area contributed by atoms with Crippen molar-refractivity contribution in [2.75, 3.05) is 0 Å². The van der Waals surface area contributed by atoms with E-state index in [1.54, 1.807) is 6.07 Å². The Morgan fingerprint density at radius 1 is 1.16 bits per heavy atom. The van der Waals surface area contributed by atoms with Crippen LogP contribution in [0.4, 0.5) is 0 Å². The zero-order valence-electron chi connectivity index (χ0n) is 11.2. The van der Waals surface area contributed by atoms with E-state index in [1.807, 2.05) is 25.1 Å². The second kappa shape index (κ2) is 5.04. The van der Waals surface area contributed by atoms with Gasteiger partial charge in [0.2, 0.25) is 5.78 Å². The molecule has 98 valence electrons. The molecule has 0 aliphatic heterocycles. The van der Waals surface area contributed by atoms with E-state index in [-0.39, 0.29) is 5.78 Å². The van der Waals surface area contributed by atoms with Crippen LogP contribution in [-0.2, 0) is 6.42 Å². The normalized spacial score (nSPS) is 15.2. The molecule has 1 aromatic carbocycles. The highest BCUT2D eigenvalue weighted by molar-refractivity contribution is 6.07. The largest absolute Gasteiger partial charge is 0.458 e. The van der Waals surface area contributed by atoms with Gasteiger partial charge in [0.1, 0.15) is 5.76 Å². The molecule has 19 heavy (non-hydrogen) atoms. The Kier molecular flexibility index (Phi) is 3.24. The van der Waals surface area contributed by atoms with Gasteiger partial charge in [0.05, 0.1) is 0 Å². The predicted octanol–water partition coefficient (Wildman–Crippen LogP) is 4.34. The summed E-state index contributed by atoms with van der Waals surface area (Å²) in [5.74, 6) is 1.97. The van der Waals surface area contributed by atoms with Crippen LogP contribution in [-0.4, -0.2) is 5.78 Å². The molecule has 1 fully saturated rings. The third kappa shape index (κ3) is 2.35. The van der Waals surface area contributed by atoms with Crippen LogP contribution in [0, 0.1) is 0 Å². The highest BCUT2D eigenvalue weighted by Gasteiger charge is 2.20. The average molecular weight is 254 g/mol. The zero-order valence-corrected chi connectivity index (χ0v) is 11.2. The maximum atomic E-state index is 12.2. The highest BCUT2D eigenvalue weighted by Crippen LogP contribution is 2.36. The van der Waals surface area contributed by atoms with E-state index in [2.05, 4.69) is 12.1 Å². The quantitative estimate of drug-likeness (QED) is 0.760. The Morgan fingerprint density at radius 2 is 1.89 bits per heavy atom. The van der Waals surface area contributed by atoms with Crippen LogP contribution in [0.5, 0.6) is 0 Å². The van der Waals surface area contributed by atoms with Crippen molar-refractivity contribution in [2.24, 2.45) is 0 Å². The second-order valence-electron chi connectivity index (χ2n) is 5.20. The molecule has 0 unspecified atom stereocenters. The maximum absolute atomic E-state index is 12.2. The number of carbonyl (C=O) groups is 1. The maximum Gasteiger partial charge on any atom is 0.228 e. The standard InChI is InChI=1S/C17H18O2/c1-2-15-10-11-16(19-15)17(18)14-8-6-13(7-9-14)12-4-3-5-12/h6-12H,2-5H2,1H3. The van der Waals surface area contributed by atoms with Crippen molar-refractivity contribution in [3.63, 3.8) is 0 Å². The first-order valence-electron chi connectivity index (χ1n) is 7.01. The van der Waals surface area contributed by atoms with Gasteiger partial charge in [-0.05, 0) is 36.5 Å². The number of benzene rings is 1. The van der Waals surface area contributed by atoms with Gasteiger partial charge in [0, 0.05) is 12.0 Å². The van der Waals surface area contributed by atoms with Gasteiger partial charge in [0.25, 0.3) is 0 Å². The Bertz CT molecular complexity index is 574. The van der Waals surface area contributed by atoms with Crippen LogP contribution in [0.3, 0.4) is 0 Å². The van der Waals surface area contributed by atoms with Gasteiger partial charge in [-0.25, -0.2) is 0 Å². The van der Waals surface area contributed by atoms with E-state index < -0.39 is 0 Å². The molecule has 0 N–H and O–H groups in total. The number of rotatable bonds is 4. The van der Waals surface area contributed by atoms with E-state index in [9.17, 15) is 4.79 Å². The monoisotopic (exact) mass is 254 g/mol. The van der Waals surface area contributed by atoms with Gasteiger partial charge in [-0.1, -0.05) is 37.6 Å². The molecule has 1 aliphatic carbocycles. The van der Waals surface area contributed by atoms with Gasteiger partial charge < -0.3 is 4.42 Å². The molecule has 0 saturated heterocycles. The summed E-state index contributed by atoms with van der Waals surface area (Å²) >= 11 is 0. The zero-order chi connectivity index (χ0) is 13.2. The summed E-state index contributed by atoms with van der Waals surface area (Å²) in [6.07, 6.45) is 4.71. The van der Waals surface area contributed by atoms with Crippen LogP contribution >= 0.6 is 0 Å². The van der Waals surface area contributed by atoms with Crippen LogP contribution in [0.15, 0.2) is 40.8 Å². The Balaban J connectivity index is 1.79. The molecule has 1 aromatic heterocycles. The first-order valence-corrected chi connectivity index (χ1v) is 7.01. The average Bonchev–Trinajstić information content (AvgIpc) is 2.85. The fourth-order valence-electron chi connectivity index (χ4n) is 2.48. The molecule has 2 nitrogen and oxygen atoms in total. The number of hydrogen-bond acceptors (Lipinski definition) is 2. The third-order valence-electron chi connectivity index (χ3n) is 3.98. The second-order valence-corrected chi connectivity index (χ2v) is 5.20. The summed E-state index contributed by atoms with van der Waals surface area (Å²) in [7, 11) is 0. The summed E-state index contributed by atoms with van der Waals surface area (Å²) in [5, 5.41) is 0. The van der Waals surface area contributed by atoms with Crippen molar-refractivity contribution in [1.29, 1.82) is 0 Å². The molecule has 0 atom stereocenters. The fourth-order valence-corrected chi connectivity index (χ4v) is 2.48. The number of hydrogen-bond donors (Lipinski definition) is 0. The Morgan fingerprint density at radius 3 is 2.42 bits per heavy atom. The SMILES string of the molecule is CCc1ccc(C(=O)c2ccc(C3CCC3)cc2)o1. The van der Waals surface area contributed by atoms with E-state index >= 15 is 0 Å². The Hall–Kier alpha value is -1.83. The van der Waals surface area contributed by atoms with E-state index in [4.69, 9.17) is 4.42 Å². The highest BCUT2D eigenvalue weighted by atomic mass is 16.3. The molecule has 1 heterocycles. The van der Waals surface area contributed by atoms with Crippen molar-refractivity contribution in [1.82, 2.24) is 0 Å². The van der Waals surface area contributed by atoms with Gasteiger partial charge in [-0.3, -0.25) is 4.79 Å². The van der Waals surface area contributed by atoms with Crippen molar-refractivity contribution in [3.05, 3.63) is 59.0 Å². The van der Waals surface area contributed by atoms with Crippen LogP contribution < -0.4 is 0 Å². The first kappa shape index (κ1) is 12.2. The molecule has 0 spiro atoms. The summed E-state index contributed by atoms with van der Waals surface area (Å²) in [4.78, 5) is 12.2. The first-order chi connectivity index (χ1) is 9.28. The predicted molar refractivity (Wildman–Crippen MR) is 74.6 cm³/mol. The Labute approximate surface area is 113 Å². The third-order valence-corrected chi connectivity index (χ3v) is 3.98. The van der Waals surface area contributed by atoms with Gasteiger partial charge in [-0.15, -0.1) is 0 Å². The molecular formula is C17H18O2. The van der Waals surface area contributed by atoms with Crippen LogP contribution in [0.25, 0.3) is 0 Å². The number of ketones is 1. The van der Waals surface area contributed by atoms with E-state index in [0.29, 0.717) is 17.2 Å². The molecule has 0 radical (unpaired) electrons. The van der Waals surface area contributed by atoms with E-state index in [1.165, 1.54) is 24.8 Å². The van der Waals surface area contributed by atoms with Crippen molar-refractivity contribution in [3.8, 4) is 0 Å². The molecule has 0 bridgehead atoms. The molecule has 3 rings (SSSR count). The van der Waals surface area contributed by atoms with Crippen LogP contribution in [0.2, 0.25) is 0 Å². The van der Waals surface area contributed by atoms with Gasteiger partial charge >= 0.3 is 0 Å². The summed E-state index contributed by atoms with van der Waals surface area (Å²) < 4.78 is 5.51. The summed E-state index contributed by atoms with van der Waals surface area (Å²) in [5.41, 5.74) is 2.07. The molecule has 2 aromatic rings. The minimum Gasteiger partial charge on any atom is -0.458 e. The molecule has 1 saturated carbocycles. The van der Waals surface area contributed by atoms with Gasteiger partial charge in [0.15, 0.2) is 5.76 Å². The molecule has 0 amide bonds. The van der Waals surface area contributed by atoms with Crippen molar-refractivity contribution >= 4 is 5.78 Å². The van der Waals surface area contributed by atoms with Crippen molar-refractivity contribution < 1.29 is 9.21 Å². The summed E-state index contributed by atoms with van der Waals surface area (Å²) in [6.45, 7) is 2.01. The lowest BCUT2D eigenvalue weighted by Gasteiger charge is -2.25. The fraction of sp³-hybridized carbons (Fsp3) is 0.353. The van der Waals surface area contributed by atoms with Gasteiger partial charge in [-0.2, -0.15) is 0 Å². The number of aryl methyl sites for hydroxylation is 1. The molecular weight excluding hydrogens is 236 g/mol. The smallest absolute Gasteiger partial charge is 0.228 e. The van der Waals surface area contributed by atoms with Crippen LogP contribution in [0.1, 0.15) is 59.5 Å².